The molecule has 34 heavy (non-hydrogen) atoms. The van der Waals surface area contributed by atoms with Crippen LogP contribution in [0.1, 0.15) is 0 Å². The van der Waals surface area contributed by atoms with Crippen LogP contribution in [-0.4, -0.2) is 16.1 Å². The number of fused-ring (bicyclic) bond motifs is 2. The third-order valence-corrected chi connectivity index (χ3v) is 11.0. The van der Waals surface area contributed by atoms with E-state index in [0.717, 1.165) is 0 Å². The average Bonchev–Trinajstić information content (AvgIpc) is 2.81. The van der Waals surface area contributed by atoms with Gasteiger partial charge in [0.2, 0.25) is 0 Å². The van der Waals surface area contributed by atoms with E-state index in [2.05, 4.69) is 136 Å². The molecule has 0 saturated heterocycles. The van der Waals surface area contributed by atoms with Crippen LogP contribution in [0.5, 0.6) is 0 Å². The Morgan fingerprint density at radius 2 is 0.618 bits per heavy atom. The van der Waals surface area contributed by atoms with Gasteiger partial charge in [-0.05, 0) is 43.8 Å². The zero-order chi connectivity index (χ0) is 24.1. The van der Waals surface area contributed by atoms with Crippen LogP contribution in [0, 0.1) is 0 Å². The normalized spacial score (nSPS) is 12.4. The van der Waals surface area contributed by atoms with E-state index in [-0.39, 0.29) is 0 Å². The summed E-state index contributed by atoms with van der Waals surface area (Å²) < 4.78 is 0. The smallest absolute Gasteiger partial charge is 0.0656 e. The van der Waals surface area contributed by atoms with Gasteiger partial charge in [-0.1, -0.05) is 147 Å². The number of rotatable bonds is 4. The molecule has 170 valence electrons. The van der Waals surface area contributed by atoms with E-state index >= 15 is 0 Å². The lowest BCUT2D eigenvalue weighted by molar-refractivity contribution is 1.64. The van der Waals surface area contributed by atoms with Gasteiger partial charge < -0.3 is 0 Å². The zero-order valence-electron chi connectivity index (χ0n) is 21.2. The molecular formula is C32H34Si2. The zero-order valence-corrected chi connectivity index (χ0v) is 23.2. The van der Waals surface area contributed by atoms with Crippen LogP contribution >= 0.6 is 0 Å². The van der Waals surface area contributed by atoms with Crippen LogP contribution in [0.3, 0.4) is 0 Å². The summed E-state index contributed by atoms with van der Waals surface area (Å²) >= 11 is 0. The molecule has 0 aromatic heterocycles. The Morgan fingerprint density at radius 1 is 0.353 bits per heavy atom. The van der Waals surface area contributed by atoms with Crippen molar-refractivity contribution in [2.45, 2.75) is 39.3 Å². The van der Waals surface area contributed by atoms with Gasteiger partial charge in [0, 0.05) is 0 Å². The summed E-state index contributed by atoms with van der Waals surface area (Å²) in [5.74, 6) is 0. The molecule has 2 heteroatoms. The highest BCUT2D eigenvalue weighted by Crippen LogP contribution is 2.43. The Kier molecular flexibility index (Phi) is 5.62. The minimum Gasteiger partial charge on any atom is -0.0656 e. The monoisotopic (exact) mass is 474 g/mol. The molecule has 0 N–H and O–H groups in total. The van der Waals surface area contributed by atoms with Gasteiger partial charge in [-0.15, -0.1) is 0 Å². The first kappa shape index (κ1) is 22.8. The molecule has 5 aromatic rings. The van der Waals surface area contributed by atoms with Gasteiger partial charge >= 0.3 is 0 Å². The van der Waals surface area contributed by atoms with Crippen molar-refractivity contribution in [3.63, 3.8) is 0 Å². The van der Waals surface area contributed by atoms with Crippen molar-refractivity contribution in [1.29, 1.82) is 0 Å². The van der Waals surface area contributed by atoms with Crippen molar-refractivity contribution >= 4 is 48.1 Å². The summed E-state index contributed by atoms with van der Waals surface area (Å²) in [6, 6.07) is 36.4. The maximum Gasteiger partial charge on any atom is 0.0784 e. The highest BCUT2D eigenvalue weighted by atomic mass is 28.3. The standard InChI is InChI=1S/C32H34Si2/c1-33(2,3)29-21-13-11-19-27(29)31-23-15-7-9-17-25(23)32(26-18-10-8-16-24(26)31)28-20-12-14-22-30(28)34(4,5)6/h7-22H,1-6H3. The Morgan fingerprint density at radius 3 is 0.912 bits per heavy atom. The lowest BCUT2D eigenvalue weighted by Crippen LogP contribution is -2.39. The highest BCUT2D eigenvalue weighted by Gasteiger charge is 2.26. The molecule has 5 aromatic carbocycles. The largest absolute Gasteiger partial charge is 0.0784 e. The SMILES string of the molecule is C[Si](C)(C)c1ccccc1-c1c2ccccc2c(-c2ccccc2[Si](C)(C)C)c2ccccc12. The van der Waals surface area contributed by atoms with E-state index in [1.165, 1.54) is 54.2 Å². The van der Waals surface area contributed by atoms with Crippen molar-refractivity contribution in [3.8, 4) is 22.3 Å². The number of hydrogen-bond acceptors (Lipinski definition) is 0. The second-order valence-electron chi connectivity index (χ2n) is 11.4. The molecule has 0 spiro atoms. The van der Waals surface area contributed by atoms with Crippen molar-refractivity contribution < 1.29 is 0 Å². The summed E-state index contributed by atoms with van der Waals surface area (Å²) in [4.78, 5) is 0. The maximum atomic E-state index is 2.45. The lowest BCUT2D eigenvalue weighted by Gasteiger charge is -2.26. The van der Waals surface area contributed by atoms with Crippen molar-refractivity contribution in [2.75, 3.05) is 0 Å². The van der Waals surface area contributed by atoms with Crippen LogP contribution in [0.25, 0.3) is 43.8 Å². The van der Waals surface area contributed by atoms with Crippen molar-refractivity contribution in [3.05, 3.63) is 97.1 Å². The van der Waals surface area contributed by atoms with E-state index in [1.807, 2.05) is 0 Å². The molecule has 0 aliphatic carbocycles. The van der Waals surface area contributed by atoms with Crippen LogP contribution in [-0.2, 0) is 0 Å². The fourth-order valence-corrected chi connectivity index (χ4v) is 8.64. The molecule has 5 rings (SSSR count). The molecule has 0 aliphatic rings. The second kappa shape index (κ2) is 8.37. The fourth-order valence-electron chi connectivity index (χ4n) is 5.42. The first-order valence-electron chi connectivity index (χ1n) is 12.3. The van der Waals surface area contributed by atoms with Crippen LogP contribution in [0.2, 0.25) is 39.3 Å². The van der Waals surface area contributed by atoms with E-state index in [0.29, 0.717) is 0 Å². The third-order valence-electron chi connectivity index (χ3n) is 6.94. The Bertz CT molecular complexity index is 1340. The molecule has 0 heterocycles. The number of benzene rings is 5. The summed E-state index contributed by atoms with van der Waals surface area (Å²) in [5, 5.41) is 8.47. The molecule has 0 bridgehead atoms. The van der Waals surface area contributed by atoms with Gasteiger partial charge in [0.25, 0.3) is 0 Å². The first-order chi connectivity index (χ1) is 16.2. The topological polar surface area (TPSA) is 0 Å². The predicted molar refractivity (Wildman–Crippen MR) is 158 cm³/mol. The lowest BCUT2D eigenvalue weighted by atomic mass is 9.86. The molecule has 0 amide bonds. The summed E-state index contributed by atoms with van der Waals surface area (Å²) in [6.07, 6.45) is 0. The molecule has 0 radical (unpaired) electrons. The quantitative estimate of drug-likeness (QED) is 0.181. The van der Waals surface area contributed by atoms with Gasteiger partial charge in [0.15, 0.2) is 0 Å². The van der Waals surface area contributed by atoms with Crippen LogP contribution < -0.4 is 10.4 Å². The minimum atomic E-state index is -1.54. The molecule has 0 unspecified atom stereocenters. The van der Waals surface area contributed by atoms with Gasteiger partial charge in [-0.2, -0.15) is 0 Å². The summed E-state index contributed by atoms with van der Waals surface area (Å²) in [7, 11) is -3.08. The predicted octanol–water partition coefficient (Wildman–Crippen LogP) is 8.42. The average molecular weight is 475 g/mol. The van der Waals surface area contributed by atoms with Crippen LogP contribution in [0.4, 0.5) is 0 Å². The Labute approximate surface area is 206 Å². The molecule has 0 fully saturated rings. The first-order valence-corrected chi connectivity index (χ1v) is 19.3. The molecular weight excluding hydrogens is 441 g/mol. The van der Waals surface area contributed by atoms with Gasteiger partial charge in [-0.25, -0.2) is 0 Å². The second-order valence-corrected chi connectivity index (χ2v) is 21.5. The van der Waals surface area contributed by atoms with E-state index < -0.39 is 16.1 Å². The molecule has 0 aliphatic heterocycles. The van der Waals surface area contributed by atoms with Gasteiger partial charge in [-0.3, -0.25) is 0 Å². The van der Waals surface area contributed by atoms with E-state index in [1.54, 1.807) is 0 Å². The summed E-state index contributed by atoms with van der Waals surface area (Å²) in [6.45, 7) is 14.7. The minimum absolute atomic E-state index is 1.35. The maximum absolute atomic E-state index is 2.45. The Balaban J connectivity index is 2.00. The van der Waals surface area contributed by atoms with Gasteiger partial charge in [0.05, 0.1) is 16.1 Å². The summed E-state index contributed by atoms with van der Waals surface area (Å²) in [5.41, 5.74) is 5.58. The van der Waals surface area contributed by atoms with Gasteiger partial charge in [0.1, 0.15) is 0 Å². The molecule has 0 nitrogen and oxygen atoms in total. The Hall–Kier alpha value is -2.95. The number of hydrogen-bond donors (Lipinski definition) is 0. The molecule has 0 saturated carbocycles. The highest BCUT2D eigenvalue weighted by molar-refractivity contribution is 6.90. The fraction of sp³-hybridized carbons (Fsp3) is 0.188. The van der Waals surface area contributed by atoms with Crippen molar-refractivity contribution in [2.24, 2.45) is 0 Å². The molecule has 0 atom stereocenters. The van der Waals surface area contributed by atoms with E-state index in [9.17, 15) is 0 Å². The van der Waals surface area contributed by atoms with Crippen molar-refractivity contribution in [1.82, 2.24) is 0 Å². The van der Waals surface area contributed by atoms with Crippen LogP contribution in [0.15, 0.2) is 97.1 Å². The van der Waals surface area contributed by atoms with E-state index in [4.69, 9.17) is 0 Å². The third kappa shape index (κ3) is 3.85.